The molecule has 0 aromatic heterocycles. The Labute approximate surface area is 289 Å². The number of amides is 4. The van der Waals surface area contributed by atoms with E-state index >= 15 is 0 Å². The Balaban J connectivity index is 2.02. The summed E-state index contributed by atoms with van der Waals surface area (Å²) in [5.74, 6) is -2.51. The molecule has 2 rings (SSSR count). The number of ether oxygens (including phenoxy) is 1. The molecular formula is C37H54F2N4O6. The van der Waals surface area contributed by atoms with E-state index < -0.39 is 41.4 Å². The fourth-order valence-electron chi connectivity index (χ4n) is 5.33. The smallest absolute Gasteiger partial charge is 0.407 e. The van der Waals surface area contributed by atoms with Crippen molar-refractivity contribution in [2.45, 2.75) is 111 Å². The number of nitrogens with zero attached hydrogens (tertiary/aromatic N) is 1. The van der Waals surface area contributed by atoms with E-state index in [0.29, 0.717) is 50.0 Å². The van der Waals surface area contributed by atoms with Gasteiger partial charge in [0, 0.05) is 49.8 Å². The van der Waals surface area contributed by atoms with E-state index in [1.807, 2.05) is 13.8 Å². The van der Waals surface area contributed by atoms with Crippen LogP contribution in [-0.4, -0.2) is 77.7 Å². The summed E-state index contributed by atoms with van der Waals surface area (Å²) in [6.07, 6.45) is 2.16. The lowest BCUT2D eigenvalue weighted by Crippen LogP contribution is -2.46. The average Bonchev–Trinajstić information content (AvgIpc) is 3.00. The highest BCUT2D eigenvalue weighted by atomic mass is 19.1. The van der Waals surface area contributed by atoms with Crippen LogP contribution >= 0.6 is 0 Å². The number of halogens is 2. The number of rotatable bonds is 19. The van der Waals surface area contributed by atoms with Gasteiger partial charge in [0.1, 0.15) is 17.2 Å². The molecule has 12 heteroatoms. The van der Waals surface area contributed by atoms with Crippen LogP contribution in [0.4, 0.5) is 13.6 Å². The molecule has 4 N–H and O–H groups in total. The number of nitrogens with one attached hydrogen (secondary N) is 3. The lowest BCUT2D eigenvalue weighted by atomic mass is 9.97. The Bertz CT molecular complexity index is 1370. The lowest BCUT2D eigenvalue weighted by molar-refractivity contribution is -0.121. The molecule has 2 aromatic rings. The summed E-state index contributed by atoms with van der Waals surface area (Å²) in [5.41, 5.74) is 0.958. The van der Waals surface area contributed by atoms with Gasteiger partial charge in [0.2, 0.25) is 5.91 Å². The molecule has 10 nitrogen and oxygen atoms in total. The molecule has 0 aliphatic carbocycles. The van der Waals surface area contributed by atoms with Crippen LogP contribution in [0.5, 0.6) is 0 Å². The third-order valence-corrected chi connectivity index (χ3v) is 7.53. The SMILES string of the molecule is CCCN(CCC)C(=O)c1cc(C)cc(C(=O)NC(Cc2cc(F)cc(F)c2)C(O)CCNC(=O)CCCCCNC(=O)OC(C)(C)C)c1. The van der Waals surface area contributed by atoms with Crippen molar-refractivity contribution in [3.8, 4) is 0 Å². The summed E-state index contributed by atoms with van der Waals surface area (Å²) < 4.78 is 33.2. The number of carbonyl (C=O) groups excluding carboxylic acids is 4. The Hall–Kier alpha value is -4.06. The first-order chi connectivity index (χ1) is 23.1. The van der Waals surface area contributed by atoms with E-state index in [-0.39, 0.29) is 48.7 Å². The molecule has 49 heavy (non-hydrogen) atoms. The van der Waals surface area contributed by atoms with Gasteiger partial charge in [0.05, 0.1) is 12.1 Å². The molecule has 272 valence electrons. The molecule has 0 aliphatic rings. The zero-order chi connectivity index (χ0) is 36.6. The second-order valence-electron chi connectivity index (χ2n) is 13.4. The molecule has 0 spiro atoms. The highest BCUT2D eigenvalue weighted by Crippen LogP contribution is 2.17. The van der Waals surface area contributed by atoms with Crippen molar-refractivity contribution in [3.05, 3.63) is 70.3 Å². The minimum atomic E-state index is -1.18. The van der Waals surface area contributed by atoms with Gasteiger partial charge in [-0.1, -0.05) is 20.3 Å². The maximum atomic E-state index is 14.0. The number of hydrogen-bond acceptors (Lipinski definition) is 6. The standard InChI is InChI=1S/C37H54F2N4O6/c1-7-16-43(17-8-2)35(47)28-19-25(3)18-27(23-28)34(46)42-31(22-26-20-29(38)24-30(39)21-26)32(44)13-15-40-33(45)12-10-9-11-14-41-36(48)49-37(4,5)6/h18-21,23-24,31-32,44H,7-17,22H2,1-6H3,(H,40,45)(H,41,48)(H,42,46). The lowest BCUT2D eigenvalue weighted by Gasteiger charge is -2.25. The molecule has 0 fully saturated rings. The minimum absolute atomic E-state index is 0.0643. The first-order valence-corrected chi connectivity index (χ1v) is 17.2. The summed E-state index contributed by atoms with van der Waals surface area (Å²) in [4.78, 5) is 52.6. The zero-order valence-electron chi connectivity index (χ0n) is 29.8. The number of carbonyl (C=O) groups is 4. The monoisotopic (exact) mass is 688 g/mol. The van der Waals surface area contributed by atoms with Crippen LogP contribution in [0.3, 0.4) is 0 Å². The summed E-state index contributed by atoms with van der Waals surface area (Å²) in [7, 11) is 0. The zero-order valence-corrected chi connectivity index (χ0v) is 29.8. The van der Waals surface area contributed by atoms with Gasteiger partial charge in [0.25, 0.3) is 11.8 Å². The maximum Gasteiger partial charge on any atom is 0.407 e. The Kier molecular flexibility index (Phi) is 17.2. The van der Waals surface area contributed by atoms with Crippen molar-refractivity contribution in [3.63, 3.8) is 0 Å². The molecule has 0 radical (unpaired) electrons. The molecule has 0 aliphatic heterocycles. The van der Waals surface area contributed by atoms with Crippen molar-refractivity contribution in [2.75, 3.05) is 26.2 Å². The highest BCUT2D eigenvalue weighted by Gasteiger charge is 2.25. The first kappa shape index (κ1) is 41.1. The molecule has 2 atom stereocenters. The number of benzene rings is 2. The van der Waals surface area contributed by atoms with Gasteiger partial charge in [0.15, 0.2) is 0 Å². The molecule has 0 saturated carbocycles. The number of aliphatic hydroxyl groups excluding tert-OH is 1. The first-order valence-electron chi connectivity index (χ1n) is 17.2. The normalized spacial score (nSPS) is 12.5. The summed E-state index contributed by atoms with van der Waals surface area (Å²) >= 11 is 0. The van der Waals surface area contributed by atoms with Gasteiger partial charge in [-0.25, -0.2) is 13.6 Å². The predicted octanol–water partition coefficient (Wildman–Crippen LogP) is 5.83. The Morgan fingerprint density at radius 3 is 2.10 bits per heavy atom. The molecule has 0 saturated heterocycles. The average molecular weight is 689 g/mol. The summed E-state index contributed by atoms with van der Waals surface area (Å²) in [5, 5.41) is 19.4. The van der Waals surface area contributed by atoms with Gasteiger partial charge < -0.3 is 30.7 Å². The topological polar surface area (TPSA) is 137 Å². The van der Waals surface area contributed by atoms with E-state index in [1.165, 1.54) is 6.07 Å². The molecule has 4 amide bonds. The van der Waals surface area contributed by atoms with Crippen molar-refractivity contribution in [1.82, 2.24) is 20.9 Å². The van der Waals surface area contributed by atoms with Crippen molar-refractivity contribution >= 4 is 23.8 Å². The largest absolute Gasteiger partial charge is 0.444 e. The Morgan fingerprint density at radius 2 is 1.49 bits per heavy atom. The molecule has 2 aromatic carbocycles. The maximum absolute atomic E-state index is 14.0. The fraction of sp³-hybridized carbons (Fsp3) is 0.568. The second kappa shape index (κ2) is 20.5. The number of aryl methyl sites for hydroxylation is 1. The van der Waals surface area contributed by atoms with Crippen LogP contribution in [0.1, 0.15) is 111 Å². The van der Waals surface area contributed by atoms with Crippen LogP contribution in [-0.2, 0) is 16.0 Å². The number of hydrogen-bond donors (Lipinski definition) is 4. The van der Waals surface area contributed by atoms with E-state index in [4.69, 9.17) is 4.74 Å². The van der Waals surface area contributed by atoms with Gasteiger partial charge in [-0.2, -0.15) is 0 Å². The molecule has 0 bridgehead atoms. The Morgan fingerprint density at radius 1 is 0.857 bits per heavy atom. The van der Waals surface area contributed by atoms with Gasteiger partial charge >= 0.3 is 6.09 Å². The highest BCUT2D eigenvalue weighted by molar-refractivity contribution is 6.00. The summed E-state index contributed by atoms with van der Waals surface area (Å²) in [6.45, 7) is 12.8. The van der Waals surface area contributed by atoms with Gasteiger partial charge in [-0.3, -0.25) is 14.4 Å². The third kappa shape index (κ3) is 15.8. The van der Waals surface area contributed by atoms with Gasteiger partial charge in [-0.15, -0.1) is 0 Å². The number of alkyl carbamates (subject to hydrolysis) is 1. The molecule has 2 unspecified atom stereocenters. The van der Waals surface area contributed by atoms with Crippen LogP contribution < -0.4 is 16.0 Å². The van der Waals surface area contributed by atoms with Crippen LogP contribution in [0, 0.1) is 18.6 Å². The van der Waals surface area contributed by atoms with E-state index in [2.05, 4.69) is 16.0 Å². The fourth-order valence-corrected chi connectivity index (χ4v) is 5.33. The van der Waals surface area contributed by atoms with Crippen molar-refractivity contribution in [2.24, 2.45) is 0 Å². The number of aliphatic hydroxyl groups is 1. The van der Waals surface area contributed by atoms with Gasteiger partial charge in [-0.05, 0) is 108 Å². The minimum Gasteiger partial charge on any atom is -0.444 e. The van der Waals surface area contributed by atoms with E-state index in [1.54, 1.807) is 44.7 Å². The number of unbranched alkanes of at least 4 members (excludes halogenated alkanes) is 2. The van der Waals surface area contributed by atoms with Crippen molar-refractivity contribution in [1.29, 1.82) is 0 Å². The quantitative estimate of drug-likeness (QED) is 0.137. The molecular weight excluding hydrogens is 634 g/mol. The molecule has 0 heterocycles. The van der Waals surface area contributed by atoms with Crippen LogP contribution in [0.25, 0.3) is 0 Å². The predicted molar refractivity (Wildman–Crippen MR) is 185 cm³/mol. The van der Waals surface area contributed by atoms with Crippen LogP contribution in [0.15, 0.2) is 36.4 Å². The van der Waals surface area contributed by atoms with Crippen LogP contribution in [0.2, 0.25) is 0 Å². The second-order valence-corrected chi connectivity index (χ2v) is 13.4. The van der Waals surface area contributed by atoms with E-state index in [0.717, 1.165) is 31.0 Å². The summed E-state index contributed by atoms with van der Waals surface area (Å²) in [6, 6.07) is 6.93. The van der Waals surface area contributed by atoms with Crippen molar-refractivity contribution < 1.29 is 37.8 Å². The van der Waals surface area contributed by atoms with E-state index in [9.17, 15) is 33.1 Å². The third-order valence-electron chi connectivity index (χ3n) is 7.53.